The van der Waals surface area contributed by atoms with E-state index in [2.05, 4.69) is 35.0 Å². The molecule has 0 amide bonds. The zero-order valence-corrected chi connectivity index (χ0v) is 11.5. The maximum Gasteiger partial charge on any atom is 0.205 e. The average molecular weight is 242 g/mol. The highest BCUT2D eigenvalue weighted by Crippen LogP contribution is 2.23. The lowest BCUT2D eigenvalue weighted by Gasteiger charge is -2.31. The van der Waals surface area contributed by atoms with Crippen LogP contribution in [0.3, 0.4) is 0 Å². The van der Waals surface area contributed by atoms with Crippen LogP contribution >= 0.6 is 11.5 Å². The summed E-state index contributed by atoms with van der Waals surface area (Å²) in [7, 11) is 0. The normalized spacial score (nSPS) is 11.8. The van der Waals surface area contributed by atoms with Gasteiger partial charge >= 0.3 is 0 Å². The van der Waals surface area contributed by atoms with E-state index in [1.54, 1.807) is 0 Å². The van der Waals surface area contributed by atoms with Crippen LogP contribution in [0, 0.1) is 12.3 Å². The summed E-state index contributed by atoms with van der Waals surface area (Å²) in [5.74, 6) is 0.853. The molecule has 0 spiro atoms. The van der Waals surface area contributed by atoms with E-state index in [1.807, 2.05) is 6.92 Å². The smallest absolute Gasteiger partial charge is 0.205 e. The van der Waals surface area contributed by atoms with Gasteiger partial charge in [0, 0.05) is 24.6 Å². The first kappa shape index (κ1) is 13.4. The molecule has 1 aromatic heterocycles. The molecule has 0 unspecified atom stereocenters. The fourth-order valence-electron chi connectivity index (χ4n) is 1.51. The molecule has 0 aliphatic heterocycles. The third kappa shape index (κ3) is 3.72. The summed E-state index contributed by atoms with van der Waals surface area (Å²) in [5.41, 5.74) is 5.89. The van der Waals surface area contributed by atoms with E-state index in [0.717, 1.165) is 30.5 Å². The van der Waals surface area contributed by atoms with Gasteiger partial charge < -0.3 is 10.6 Å². The molecule has 0 saturated carbocycles. The van der Waals surface area contributed by atoms with E-state index in [9.17, 15) is 0 Å². The van der Waals surface area contributed by atoms with Crippen LogP contribution < -0.4 is 10.6 Å². The average Bonchev–Trinajstić information content (AvgIpc) is 2.64. The van der Waals surface area contributed by atoms with Gasteiger partial charge in [0.15, 0.2) is 0 Å². The maximum atomic E-state index is 5.77. The highest BCUT2D eigenvalue weighted by atomic mass is 32.1. The summed E-state index contributed by atoms with van der Waals surface area (Å²) in [6.45, 7) is 11.1. The molecular formula is C11H22N4S. The van der Waals surface area contributed by atoms with Gasteiger partial charge in [0.1, 0.15) is 5.82 Å². The molecule has 92 valence electrons. The minimum absolute atomic E-state index is 0.120. The minimum Gasteiger partial charge on any atom is -0.346 e. The molecule has 5 heteroatoms. The summed E-state index contributed by atoms with van der Waals surface area (Å²) >= 11 is 1.47. The lowest BCUT2D eigenvalue weighted by molar-refractivity contribution is 0.377. The van der Waals surface area contributed by atoms with E-state index >= 15 is 0 Å². The number of hydrogen-bond donors (Lipinski definition) is 1. The molecule has 0 aliphatic carbocycles. The van der Waals surface area contributed by atoms with Gasteiger partial charge in [0.2, 0.25) is 5.13 Å². The zero-order chi connectivity index (χ0) is 12.2. The van der Waals surface area contributed by atoms with Gasteiger partial charge in [-0.05, 0) is 25.3 Å². The van der Waals surface area contributed by atoms with Gasteiger partial charge in [-0.1, -0.05) is 20.8 Å². The highest BCUT2D eigenvalue weighted by Gasteiger charge is 2.21. The van der Waals surface area contributed by atoms with Crippen LogP contribution in [0.1, 0.15) is 33.0 Å². The largest absolute Gasteiger partial charge is 0.346 e. The number of rotatable bonds is 6. The Balaban J connectivity index is 2.75. The third-order valence-corrected chi connectivity index (χ3v) is 3.32. The first-order chi connectivity index (χ1) is 7.48. The van der Waals surface area contributed by atoms with Crippen molar-refractivity contribution in [3.8, 4) is 0 Å². The maximum absolute atomic E-state index is 5.77. The minimum atomic E-state index is 0.120. The van der Waals surface area contributed by atoms with Crippen LogP contribution in [0.2, 0.25) is 0 Å². The van der Waals surface area contributed by atoms with E-state index in [-0.39, 0.29) is 5.41 Å². The van der Waals surface area contributed by atoms with Crippen molar-refractivity contribution in [1.82, 2.24) is 9.36 Å². The van der Waals surface area contributed by atoms with Crippen LogP contribution in [0.25, 0.3) is 0 Å². The number of aryl methyl sites for hydroxylation is 1. The number of nitrogens with zero attached hydrogens (tertiary/aromatic N) is 3. The van der Waals surface area contributed by atoms with Crippen LogP contribution in [0.15, 0.2) is 0 Å². The Kier molecular flexibility index (Phi) is 4.68. The van der Waals surface area contributed by atoms with E-state index in [0.29, 0.717) is 6.54 Å². The van der Waals surface area contributed by atoms with Crippen molar-refractivity contribution in [1.29, 1.82) is 0 Å². The van der Waals surface area contributed by atoms with Crippen molar-refractivity contribution >= 4 is 16.7 Å². The van der Waals surface area contributed by atoms with Crippen molar-refractivity contribution in [3.05, 3.63) is 5.82 Å². The van der Waals surface area contributed by atoms with Crippen LogP contribution in [-0.2, 0) is 0 Å². The van der Waals surface area contributed by atoms with Crippen LogP contribution in [-0.4, -0.2) is 29.0 Å². The predicted octanol–water partition coefficient (Wildman–Crippen LogP) is 2.05. The van der Waals surface area contributed by atoms with Gasteiger partial charge in [-0.25, -0.2) is 4.98 Å². The fraction of sp³-hybridized carbons (Fsp3) is 0.818. The summed E-state index contributed by atoms with van der Waals surface area (Å²) in [5, 5.41) is 1.01. The number of aromatic nitrogens is 2. The Bertz CT molecular complexity index is 322. The molecular weight excluding hydrogens is 220 g/mol. The molecule has 0 aliphatic rings. The molecule has 1 rings (SSSR count). The van der Waals surface area contributed by atoms with E-state index in [4.69, 9.17) is 5.73 Å². The van der Waals surface area contributed by atoms with Gasteiger partial charge in [-0.3, -0.25) is 0 Å². The predicted molar refractivity (Wildman–Crippen MR) is 70.0 cm³/mol. The summed E-state index contributed by atoms with van der Waals surface area (Å²) < 4.78 is 4.23. The second-order valence-corrected chi connectivity index (χ2v) is 5.64. The van der Waals surface area contributed by atoms with E-state index < -0.39 is 0 Å². The molecule has 0 atom stereocenters. The lowest BCUT2D eigenvalue weighted by atomic mass is 9.93. The quantitative estimate of drug-likeness (QED) is 0.829. The second-order valence-electron chi connectivity index (χ2n) is 4.91. The monoisotopic (exact) mass is 242 g/mol. The molecule has 1 heterocycles. The zero-order valence-electron chi connectivity index (χ0n) is 10.7. The molecule has 2 N–H and O–H groups in total. The van der Waals surface area contributed by atoms with Crippen molar-refractivity contribution in [2.75, 3.05) is 24.5 Å². The summed E-state index contributed by atoms with van der Waals surface area (Å²) in [6.07, 6.45) is 1.11. The van der Waals surface area contributed by atoms with Gasteiger partial charge in [-0.15, -0.1) is 0 Å². The molecule has 0 aromatic carbocycles. The first-order valence-corrected chi connectivity index (χ1v) is 6.51. The lowest BCUT2D eigenvalue weighted by Crippen LogP contribution is -2.39. The molecule has 1 aromatic rings. The molecule has 4 nitrogen and oxygen atoms in total. The number of hydrogen-bond acceptors (Lipinski definition) is 5. The highest BCUT2D eigenvalue weighted by molar-refractivity contribution is 7.09. The SMILES string of the molecule is CCCN(CC(C)(C)CN)c1nc(C)ns1. The first-order valence-electron chi connectivity index (χ1n) is 5.74. The molecule has 0 bridgehead atoms. The molecule has 0 fully saturated rings. The topological polar surface area (TPSA) is 55.0 Å². The Hall–Kier alpha value is -0.680. The number of nitrogens with two attached hydrogens (primary N) is 1. The second kappa shape index (κ2) is 5.59. The standard InChI is InChI=1S/C11H22N4S/c1-5-6-15(8-11(3,4)7-12)10-13-9(2)14-16-10/h5-8,12H2,1-4H3. The Morgan fingerprint density at radius 2 is 2.12 bits per heavy atom. The van der Waals surface area contributed by atoms with Gasteiger partial charge in [0.05, 0.1) is 0 Å². The summed E-state index contributed by atoms with van der Waals surface area (Å²) in [4.78, 5) is 6.73. The van der Waals surface area contributed by atoms with E-state index in [1.165, 1.54) is 11.5 Å². The van der Waals surface area contributed by atoms with Gasteiger partial charge in [0.25, 0.3) is 0 Å². The Morgan fingerprint density at radius 1 is 1.44 bits per heavy atom. The molecule has 16 heavy (non-hydrogen) atoms. The third-order valence-electron chi connectivity index (χ3n) is 2.45. The van der Waals surface area contributed by atoms with Gasteiger partial charge in [-0.2, -0.15) is 4.37 Å². The molecule has 0 saturated heterocycles. The van der Waals surface area contributed by atoms with Crippen LogP contribution in [0.4, 0.5) is 5.13 Å². The Morgan fingerprint density at radius 3 is 2.56 bits per heavy atom. The molecule has 0 radical (unpaired) electrons. The van der Waals surface area contributed by atoms with Crippen molar-refractivity contribution in [3.63, 3.8) is 0 Å². The number of anilines is 1. The van der Waals surface area contributed by atoms with Crippen molar-refractivity contribution in [2.24, 2.45) is 11.1 Å². The van der Waals surface area contributed by atoms with Crippen LogP contribution in [0.5, 0.6) is 0 Å². The fourth-order valence-corrected chi connectivity index (χ4v) is 2.21. The summed E-state index contributed by atoms with van der Waals surface area (Å²) in [6, 6.07) is 0. The van der Waals surface area contributed by atoms with Crippen molar-refractivity contribution in [2.45, 2.75) is 34.1 Å². The van der Waals surface area contributed by atoms with Crippen molar-refractivity contribution < 1.29 is 0 Å². The Labute approximate surface area is 102 Å².